The number of hydrogen-bond acceptors (Lipinski definition) is 3. The minimum atomic E-state index is 0.0432. The fraction of sp³-hybridized carbons (Fsp3) is 1.00. The first kappa shape index (κ1) is 16.9. The minimum Gasteiger partial charge on any atom is -0.383 e. The van der Waals surface area contributed by atoms with Gasteiger partial charge in [0.25, 0.3) is 0 Å². The average molecular weight is 270 g/mol. The van der Waals surface area contributed by atoms with Crippen LogP contribution in [0.4, 0.5) is 0 Å². The lowest BCUT2D eigenvalue weighted by atomic mass is 9.76. The number of hydrogen-bond donors (Lipinski definition) is 1. The fourth-order valence-electron chi connectivity index (χ4n) is 3.45. The van der Waals surface area contributed by atoms with Gasteiger partial charge in [-0.2, -0.15) is 0 Å². The van der Waals surface area contributed by atoms with Gasteiger partial charge in [0, 0.05) is 13.7 Å². The Kier molecular flexibility index (Phi) is 6.28. The molecule has 2 atom stereocenters. The van der Waals surface area contributed by atoms with Gasteiger partial charge in [-0.1, -0.05) is 27.7 Å². The first-order chi connectivity index (χ1) is 8.89. The van der Waals surface area contributed by atoms with Crippen molar-refractivity contribution in [3.8, 4) is 0 Å². The van der Waals surface area contributed by atoms with Crippen molar-refractivity contribution in [2.75, 3.05) is 33.4 Å². The molecule has 3 nitrogen and oxygen atoms in total. The van der Waals surface area contributed by atoms with E-state index in [2.05, 4.69) is 32.6 Å². The summed E-state index contributed by atoms with van der Waals surface area (Å²) >= 11 is 0. The summed E-state index contributed by atoms with van der Waals surface area (Å²) in [4.78, 5) is 2.60. The lowest BCUT2D eigenvalue weighted by Gasteiger charge is -2.42. The SMILES string of the molecule is CCC(CN)(COC)N1CCCC(C(C)(C)C)CC1. The molecular weight excluding hydrogens is 236 g/mol. The summed E-state index contributed by atoms with van der Waals surface area (Å²) in [5.74, 6) is 0.826. The zero-order valence-electron chi connectivity index (χ0n) is 13.7. The van der Waals surface area contributed by atoms with Crippen LogP contribution < -0.4 is 5.73 Å². The number of ether oxygens (including phenoxy) is 1. The van der Waals surface area contributed by atoms with E-state index in [4.69, 9.17) is 10.5 Å². The normalized spacial score (nSPS) is 25.9. The first-order valence-corrected chi connectivity index (χ1v) is 7.83. The van der Waals surface area contributed by atoms with Crippen molar-refractivity contribution in [3.63, 3.8) is 0 Å². The van der Waals surface area contributed by atoms with Gasteiger partial charge in [-0.05, 0) is 50.1 Å². The molecule has 0 radical (unpaired) electrons. The smallest absolute Gasteiger partial charge is 0.0658 e. The third-order valence-corrected chi connectivity index (χ3v) is 5.07. The highest BCUT2D eigenvalue weighted by molar-refractivity contribution is 4.93. The molecule has 0 aliphatic carbocycles. The van der Waals surface area contributed by atoms with E-state index in [1.807, 2.05) is 0 Å². The van der Waals surface area contributed by atoms with Gasteiger partial charge in [0.2, 0.25) is 0 Å². The lowest BCUT2D eigenvalue weighted by Crippen LogP contribution is -2.57. The summed E-state index contributed by atoms with van der Waals surface area (Å²) < 4.78 is 5.46. The van der Waals surface area contributed by atoms with Crippen LogP contribution in [0.2, 0.25) is 0 Å². The lowest BCUT2D eigenvalue weighted by molar-refractivity contribution is 0.0122. The van der Waals surface area contributed by atoms with Crippen LogP contribution >= 0.6 is 0 Å². The molecule has 1 saturated heterocycles. The van der Waals surface area contributed by atoms with Crippen molar-refractivity contribution in [2.45, 2.75) is 58.9 Å². The highest BCUT2D eigenvalue weighted by Crippen LogP contribution is 2.36. The standard InChI is InChI=1S/C16H34N2O/c1-6-16(12-17,13-19-5)18-10-7-8-14(9-11-18)15(2,3)4/h14H,6-13,17H2,1-5H3. The molecule has 1 rings (SSSR count). The van der Waals surface area contributed by atoms with Crippen LogP contribution in [0.15, 0.2) is 0 Å². The maximum Gasteiger partial charge on any atom is 0.0658 e. The van der Waals surface area contributed by atoms with Gasteiger partial charge in [-0.15, -0.1) is 0 Å². The van der Waals surface area contributed by atoms with Crippen molar-refractivity contribution in [2.24, 2.45) is 17.1 Å². The average Bonchev–Trinajstić information content (AvgIpc) is 2.61. The summed E-state index contributed by atoms with van der Waals surface area (Å²) in [5.41, 5.74) is 6.55. The predicted molar refractivity (Wildman–Crippen MR) is 82.3 cm³/mol. The van der Waals surface area contributed by atoms with Crippen molar-refractivity contribution in [1.82, 2.24) is 4.90 Å². The Bertz CT molecular complexity index is 256. The Morgan fingerprint density at radius 1 is 1.21 bits per heavy atom. The molecule has 0 aromatic rings. The molecular formula is C16H34N2O. The summed E-state index contributed by atoms with van der Waals surface area (Å²) in [7, 11) is 1.79. The molecule has 1 heterocycles. The topological polar surface area (TPSA) is 38.5 Å². The van der Waals surface area contributed by atoms with E-state index < -0.39 is 0 Å². The molecule has 1 aliphatic rings. The molecule has 1 fully saturated rings. The largest absolute Gasteiger partial charge is 0.383 e. The highest BCUT2D eigenvalue weighted by atomic mass is 16.5. The molecule has 0 spiro atoms. The number of methoxy groups -OCH3 is 1. The van der Waals surface area contributed by atoms with E-state index in [1.54, 1.807) is 7.11 Å². The van der Waals surface area contributed by atoms with Crippen molar-refractivity contribution >= 4 is 0 Å². The number of likely N-dealkylation sites (tertiary alicyclic amines) is 1. The van der Waals surface area contributed by atoms with Crippen LogP contribution in [-0.4, -0.2) is 43.8 Å². The third kappa shape index (κ3) is 4.17. The summed E-state index contributed by atoms with van der Waals surface area (Å²) in [6.07, 6.45) is 4.98. The molecule has 114 valence electrons. The summed E-state index contributed by atoms with van der Waals surface area (Å²) in [5, 5.41) is 0. The molecule has 0 saturated carbocycles. The van der Waals surface area contributed by atoms with Gasteiger partial charge in [-0.25, -0.2) is 0 Å². The molecule has 3 heteroatoms. The van der Waals surface area contributed by atoms with Crippen LogP contribution in [0.3, 0.4) is 0 Å². The molecule has 0 aromatic carbocycles. The Labute approximate surface area is 119 Å². The Morgan fingerprint density at radius 2 is 1.89 bits per heavy atom. The van der Waals surface area contributed by atoms with Gasteiger partial charge in [0.1, 0.15) is 0 Å². The second kappa shape index (κ2) is 7.05. The molecule has 2 unspecified atom stereocenters. The zero-order valence-corrected chi connectivity index (χ0v) is 13.7. The molecule has 0 amide bonds. The number of rotatable bonds is 5. The Morgan fingerprint density at radius 3 is 2.37 bits per heavy atom. The van der Waals surface area contributed by atoms with E-state index in [0.29, 0.717) is 12.0 Å². The van der Waals surface area contributed by atoms with E-state index in [-0.39, 0.29) is 5.54 Å². The van der Waals surface area contributed by atoms with E-state index in [0.717, 1.165) is 25.5 Å². The first-order valence-electron chi connectivity index (χ1n) is 7.83. The maximum absolute atomic E-state index is 6.08. The highest BCUT2D eigenvalue weighted by Gasteiger charge is 2.36. The quantitative estimate of drug-likeness (QED) is 0.835. The molecule has 0 aromatic heterocycles. The van der Waals surface area contributed by atoms with Crippen LogP contribution in [-0.2, 0) is 4.74 Å². The Hall–Kier alpha value is -0.120. The molecule has 0 bridgehead atoms. The monoisotopic (exact) mass is 270 g/mol. The van der Waals surface area contributed by atoms with Gasteiger partial charge in [-0.3, -0.25) is 4.90 Å². The maximum atomic E-state index is 6.08. The second-order valence-corrected chi connectivity index (χ2v) is 7.20. The summed E-state index contributed by atoms with van der Waals surface area (Å²) in [6, 6.07) is 0. The third-order valence-electron chi connectivity index (χ3n) is 5.07. The van der Waals surface area contributed by atoms with Crippen LogP contribution in [0.5, 0.6) is 0 Å². The van der Waals surface area contributed by atoms with Crippen LogP contribution in [0.1, 0.15) is 53.4 Å². The summed E-state index contributed by atoms with van der Waals surface area (Å²) in [6.45, 7) is 13.1. The predicted octanol–water partition coefficient (Wildman–Crippen LogP) is 2.89. The van der Waals surface area contributed by atoms with Gasteiger partial charge in [0.15, 0.2) is 0 Å². The molecule has 2 N–H and O–H groups in total. The van der Waals surface area contributed by atoms with Gasteiger partial charge in [0.05, 0.1) is 12.1 Å². The van der Waals surface area contributed by atoms with Crippen molar-refractivity contribution < 1.29 is 4.74 Å². The number of nitrogens with zero attached hydrogens (tertiary/aromatic N) is 1. The van der Waals surface area contributed by atoms with E-state index in [1.165, 1.54) is 25.8 Å². The van der Waals surface area contributed by atoms with Gasteiger partial charge < -0.3 is 10.5 Å². The van der Waals surface area contributed by atoms with Crippen molar-refractivity contribution in [3.05, 3.63) is 0 Å². The van der Waals surface area contributed by atoms with E-state index in [9.17, 15) is 0 Å². The fourth-order valence-corrected chi connectivity index (χ4v) is 3.45. The van der Waals surface area contributed by atoms with E-state index >= 15 is 0 Å². The zero-order chi connectivity index (χ0) is 14.5. The molecule has 1 aliphatic heterocycles. The molecule has 19 heavy (non-hydrogen) atoms. The van der Waals surface area contributed by atoms with Crippen LogP contribution in [0.25, 0.3) is 0 Å². The number of nitrogens with two attached hydrogens (primary N) is 1. The van der Waals surface area contributed by atoms with Crippen molar-refractivity contribution in [1.29, 1.82) is 0 Å². The van der Waals surface area contributed by atoms with Gasteiger partial charge >= 0.3 is 0 Å². The minimum absolute atomic E-state index is 0.0432. The Balaban J connectivity index is 2.74. The second-order valence-electron chi connectivity index (χ2n) is 7.20. The van der Waals surface area contributed by atoms with Crippen LogP contribution in [0, 0.1) is 11.3 Å².